The van der Waals surface area contributed by atoms with Gasteiger partial charge in [0.05, 0.1) is 5.92 Å². The number of likely N-dealkylation sites (tertiary alicyclic amines) is 1. The van der Waals surface area contributed by atoms with E-state index in [9.17, 15) is 4.79 Å². The van der Waals surface area contributed by atoms with Crippen molar-refractivity contribution in [1.82, 2.24) is 10.2 Å². The zero-order chi connectivity index (χ0) is 15.2. The van der Waals surface area contributed by atoms with Crippen LogP contribution in [0, 0.1) is 5.92 Å². The molecule has 0 aromatic heterocycles. The Kier molecular flexibility index (Phi) is 6.34. The van der Waals surface area contributed by atoms with Crippen LogP contribution in [0.4, 0.5) is 0 Å². The molecule has 1 heterocycles. The Morgan fingerprint density at radius 2 is 2.24 bits per heavy atom. The van der Waals surface area contributed by atoms with Gasteiger partial charge in [-0.25, -0.2) is 0 Å². The molecule has 1 aromatic rings. The summed E-state index contributed by atoms with van der Waals surface area (Å²) in [6.07, 6.45) is 3.00. The summed E-state index contributed by atoms with van der Waals surface area (Å²) in [6, 6.07) is 5.59. The predicted octanol–water partition coefficient (Wildman–Crippen LogP) is 3.73. The van der Waals surface area contributed by atoms with E-state index in [-0.39, 0.29) is 11.8 Å². The normalized spacial score (nSPS) is 19.5. The number of piperidine rings is 1. The number of hydrogen-bond donors (Lipinski definition) is 1. The van der Waals surface area contributed by atoms with Crippen molar-refractivity contribution in [3.8, 4) is 0 Å². The Bertz CT molecular complexity index is 493. The molecule has 21 heavy (non-hydrogen) atoms. The van der Waals surface area contributed by atoms with Gasteiger partial charge in [-0.1, -0.05) is 36.2 Å². The quantitative estimate of drug-likeness (QED) is 0.893. The topological polar surface area (TPSA) is 32.3 Å². The van der Waals surface area contributed by atoms with Crippen LogP contribution in [0.3, 0.4) is 0 Å². The molecule has 0 aliphatic carbocycles. The monoisotopic (exact) mass is 328 g/mol. The smallest absolute Gasteiger partial charge is 0.224 e. The van der Waals surface area contributed by atoms with Crippen molar-refractivity contribution in [2.45, 2.75) is 32.7 Å². The molecule has 1 amide bonds. The number of halogens is 2. The lowest BCUT2D eigenvalue weighted by Crippen LogP contribution is -2.42. The Labute approximate surface area is 136 Å². The molecule has 1 fully saturated rings. The van der Waals surface area contributed by atoms with Crippen LogP contribution in [0.2, 0.25) is 10.0 Å². The van der Waals surface area contributed by atoms with Gasteiger partial charge in [0.1, 0.15) is 0 Å². The van der Waals surface area contributed by atoms with Gasteiger partial charge in [-0.05, 0) is 43.5 Å². The lowest BCUT2D eigenvalue weighted by Gasteiger charge is -2.32. The van der Waals surface area contributed by atoms with Crippen LogP contribution in [0.25, 0.3) is 0 Å². The molecule has 0 unspecified atom stereocenters. The van der Waals surface area contributed by atoms with Crippen LogP contribution in [-0.4, -0.2) is 30.4 Å². The van der Waals surface area contributed by atoms with Crippen LogP contribution in [0.1, 0.15) is 31.7 Å². The molecule has 0 radical (unpaired) electrons. The lowest BCUT2D eigenvalue weighted by atomic mass is 9.96. The number of carbonyl (C=O) groups excluding carboxylic acids is 1. The van der Waals surface area contributed by atoms with E-state index in [2.05, 4.69) is 17.1 Å². The number of carbonyl (C=O) groups is 1. The maximum atomic E-state index is 12.1. The molecule has 1 atom stereocenters. The van der Waals surface area contributed by atoms with Gasteiger partial charge in [0, 0.05) is 29.7 Å². The molecule has 116 valence electrons. The third-order valence-electron chi connectivity index (χ3n) is 3.83. The third-order valence-corrected chi connectivity index (χ3v) is 4.42. The summed E-state index contributed by atoms with van der Waals surface area (Å²) in [6.45, 7) is 5.41. The maximum absolute atomic E-state index is 12.1. The summed E-state index contributed by atoms with van der Waals surface area (Å²) < 4.78 is 0. The van der Waals surface area contributed by atoms with E-state index in [1.54, 1.807) is 6.07 Å². The van der Waals surface area contributed by atoms with Crippen LogP contribution in [0.15, 0.2) is 18.2 Å². The highest BCUT2D eigenvalue weighted by Gasteiger charge is 2.25. The minimum absolute atomic E-state index is 0.0939. The van der Waals surface area contributed by atoms with E-state index in [1.807, 2.05) is 12.1 Å². The van der Waals surface area contributed by atoms with Crippen LogP contribution in [-0.2, 0) is 11.3 Å². The molecule has 5 heteroatoms. The fraction of sp³-hybridized carbons (Fsp3) is 0.562. The lowest BCUT2D eigenvalue weighted by molar-refractivity contribution is -0.126. The van der Waals surface area contributed by atoms with Gasteiger partial charge in [0.25, 0.3) is 0 Å². The largest absolute Gasteiger partial charge is 0.356 e. The Hall–Kier alpha value is -0.770. The Balaban J connectivity index is 1.93. The van der Waals surface area contributed by atoms with E-state index in [0.717, 1.165) is 51.0 Å². The van der Waals surface area contributed by atoms with E-state index >= 15 is 0 Å². The van der Waals surface area contributed by atoms with Crippen molar-refractivity contribution in [3.63, 3.8) is 0 Å². The summed E-state index contributed by atoms with van der Waals surface area (Å²) in [4.78, 5) is 14.4. The van der Waals surface area contributed by atoms with Crippen LogP contribution < -0.4 is 5.32 Å². The molecule has 3 nitrogen and oxygen atoms in total. The van der Waals surface area contributed by atoms with Crippen molar-refractivity contribution < 1.29 is 4.79 Å². The van der Waals surface area contributed by atoms with Gasteiger partial charge >= 0.3 is 0 Å². The van der Waals surface area contributed by atoms with Crippen molar-refractivity contribution in [3.05, 3.63) is 33.8 Å². The fourth-order valence-electron chi connectivity index (χ4n) is 2.70. The first kappa shape index (κ1) is 16.6. The first-order valence-electron chi connectivity index (χ1n) is 7.54. The van der Waals surface area contributed by atoms with E-state index < -0.39 is 0 Å². The molecular weight excluding hydrogens is 307 g/mol. The van der Waals surface area contributed by atoms with Crippen molar-refractivity contribution >= 4 is 29.1 Å². The number of nitrogens with one attached hydrogen (secondary N) is 1. The number of hydrogen-bond acceptors (Lipinski definition) is 2. The standard InChI is InChI=1S/C16H22Cl2N2O/c1-2-7-19-16(21)13-4-3-8-20(11-13)10-12-5-6-14(17)9-15(12)18/h5-6,9,13H,2-4,7-8,10-11H2,1H3,(H,19,21)/t13-/m0/s1. The van der Waals surface area contributed by atoms with E-state index in [0.29, 0.717) is 10.0 Å². The maximum Gasteiger partial charge on any atom is 0.224 e. The molecule has 2 rings (SSSR count). The summed E-state index contributed by atoms with van der Waals surface area (Å²) in [5, 5.41) is 4.34. The molecule has 1 N–H and O–H groups in total. The van der Waals surface area contributed by atoms with Crippen LogP contribution in [0.5, 0.6) is 0 Å². The molecule has 1 saturated heterocycles. The summed E-state index contributed by atoms with van der Waals surface area (Å²) >= 11 is 12.1. The highest BCUT2D eigenvalue weighted by Crippen LogP contribution is 2.24. The summed E-state index contributed by atoms with van der Waals surface area (Å²) in [5.41, 5.74) is 1.07. The van der Waals surface area contributed by atoms with Crippen LogP contribution >= 0.6 is 23.2 Å². The number of nitrogens with zero attached hydrogens (tertiary/aromatic N) is 1. The molecule has 0 bridgehead atoms. The molecule has 0 spiro atoms. The van der Waals surface area contributed by atoms with Crippen molar-refractivity contribution in [2.24, 2.45) is 5.92 Å². The average molecular weight is 329 g/mol. The predicted molar refractivity (Wildman–Crippen MR) is 87.8 cm³/mol. The Morgan fingerprint density at radius 3 is 2.95 bits per heavy atom. The van der Waals surface area contributed by atoms with E-state index in [1.165, 1.54) is 0 Å². The second-order valence-corrected chi connectivity index (χ2v) is 6.44. The second-order valence-electron chi connectivity index (χ2n) is 5.60. The summed E-state index contributed by atoms with van der Waals surface area (Å²) in [7, 11) is 0. The molecule has 1 aliphatic heterocycles. The second kappa shape index (κ2) is 8.02. The van der Waals surface area contributed by atoms with Gasteiger partial charge < -0.3 is 5.32 Å². The fourth-order valence-corrected chi connectivity index (χ4v) is 3.16. The molecule has 1 aromatic carbocycles. The Morgan fingerprint density at radius 1 is 1.43 bits per heavy atom. The van der Waals surface area contributed by atoms with Gasteiger partial charge in [0.15, 0.2) is 0 Å². The average Bonchev–Trinajstić information content (AvgIpc) is 2.48. The number of benzene rings is 1. The molecule has 0 saturated carbocycles. The number of rotatable bonds is 5. The van der Waals surface area contributed by atoms with Gasteiger partial charge in [-0.2, -0.15) is 0 Å². The number of amides is 1. The highest BCUT2D eigenvalue weighted by atomic mass is 35.5. The minimum Gasteiger partial charge on any atom is -0.356 e. The van der Waals surface area contributed by atoms with Crippen molar-refractivity contribution in [2.75, 3.05) is 19.6 Å². The van der Waals surface area contributed by atoms with Gasteiger partial charge in [0.2, 0.25) is 5.91 Å². The molecule has 1 aliphatic rings. The molecular formula is C16H22Cl2N2O. The third kappa shape index (κ3) is 4.87. The van der Waals surface area contributed by atoms with Gasteiger partial charge in [-0.15, -0.1) is 0 Å². The summed E-state index contributed by atoms with van der Waals surface area (Å²) in [5.74, 6) is 0.278. The van der Waals surface area contributed by atoms with Crippen molar-refractivity contribution in [1.29, 1.82) is 0 Å². The minimum atomic E-state index is 0.0939. The SMILES string of the molecule is CCCNC(=O)[C@H]1CCCN(Cc2ccc(Cl)cc2Cl)C1. The zero-order valence-corrected chi connectivity index (χ0v) is 13.9. The van der Waals surface area contributed by atoms with Gasteiger partial charge in [-0.3, -0.25) is 9.69 Å². The van der Waals surface area contributed by atoms with E-state index in [4.69, 9.17) is 23.2 Å². The highest BCUT2D eigenvalue weighted by molar-refractivity contribution is 6.35. The first-order chi connectivity index (χ1) is 10.1. The first-order valence-corrected chi connectivity index (χ1v) is 8.29. The zero-order valence-electron chi connectivity index (χ0n) is 12.4.